The number of carbonyl (C=O) groups is 3. The van der Waals surface area contributed by atoms with Crippen LogP contribution in [0, 0.1) is 17.7 Å². The number of fused-ring (bicyclic) bond motifs is 4. The predicted molar refractivity (Wildman–Crippen MR) is 119 cm³/mol. The number of rotatable bonds is 2. The molecule has 2 aromatic carbocycles. The van der Waals surface area contributed by atoms with E-state index in [-0.39, 0.29) is 5.56 Å². The first-order valence-electron chi connectivity index (χ1n) is 10.7. The third-order valence-corrected chi connectivity index (χ3v) is 7.09. The molecule has 9 heteroatoms. The summed E-state index contributed by atoms with van der Waals surface area (Å²) in [5.74, 6) is -4.29. The lowest BCUT2D eigenvalue weighted by atomic mass is 9.76. The molecule has 2 fully saturated rings. The SMILES string of the molecule is CC(C)(C)N1C(=O)[C@@H]2[C@@H]([C@@H](O)c3ccc(Cl)cc3)N[C@]3(C(=O)Nc4ccc(F)cc43)[C@@H]2C1=O. The first-order valence-corrected chi connectivity index (χ1v) is 11.1. The second-order valence-corrected chi connectivity index (χ2v) is 10.2. The fourth-order valence-corrected chi connectivity index (χ4v) is 5.63. The molecule has 7 nitrogen and oxygen atoms in total. The van der Waals surface area contributed by atoms with Crippen LogP contribution in [0.4, 0.5) is 10.1 Å². The van der Waals surface area contributed by atoms with Gasteiger partial charge in [0.15, 0.2) is 0 Å². The van der Waals surface area contributed by atoms with Gasteiger partial charge in [-0.25, -0.2) is 4.39 Å². The maximum atomic E-state index is 14.3. The van der Waals surface area contributed by atoms with Crippen LogP contribution in [0.1, 0.15) is 38.0 Å². The molecule has 172 valence electrons. The Balaban J connectivity index is 1.69. The van der Waals surface area contributed by atoms with Gasteiger partial charge in [-0.2, -0.15) is 0 Å². The Hall–Kier alpha value is -2.81. The Morgan fingerprint density at radius 3 is 2.39 bits per heavy atom. The molecule has 0 saturated carbocycles. The zero-order valence-corrected chi connectivity index (χ0v) is 19.0. The minimum atomic E-state index is -1.69. The molecule has 2 saturated heterocycles. The Kier molecular flexibility index (Phi) is 4.73. The number of benzene rings is 2. The summed E-state index contributed by atoms with van der Waals surface area (Å²) in [5.41, 5.74) is -1.43. The molecule has 0 radical (unpaired) electrons. The average molecular weight is 472 g/mol. The van der Waals surface area contributed by atoms with E-state index in [9.17, 15) is 23.9 Å². The van der Waals surface area contributed by atoms with E-state index in [2.05, 4.69) is 10.6 Å². The van der Waals surface area contributed by atoms with Crippen LogP contribution in [-0.4, -0.2) is 39.3 Å². The second-order valence-electron chi connectivity index (χ2n) is 9.80. The summed E-state index contributed by atoms with van der Waals surface area (Å²) in [6.45, 7) is 5.20. The summed E-state index contributed by atoms with van der Waals surface area (Å²) in [7, 11) is 0. The number of halogens is 2. The number of hydrogen-bond acceptors (Lipinski definition) is 5. The van der Waals surface area contributed by atoms with Gasteiger partial charge in [-0.3, -0.25) is 24.6 Å². The van der Waals surface area contributed by atoms with E-state index < -0.39 is 58.6 Å². The summed E-state index contributed by atoms with van der Waals surface area (Å²) in [6, 6.07) is 9.34. The molecule has 3 aliphatic heterocycles. The molecular weight excluding hydrogens is 449 g/mol. The molecule has 3 amide bonds. The molecule has 0 aliphatic carbocycles. The van der Waals surface area contributed by atoms with Crippen LogP contribution in [0.3, 0.4) is 0 Å². The van der Waals surface area contributed by atoms with Crippen LogP contribution >= 0.6 is 11.6 Å². The number of nitrogens with zero attached hydrogens (tertiary/aromatic N) is 1. The number of amides is 3. The Labute approximate surface area is 194 Å². The van der Waals surface area contributed by atoms with Gasteiger partial charge < -0.3 is 10.4 Å². The van der Waals surface area contributed by atoms with Crippen molar-refractivity contribution in [2.45, 2.75) is 44.0 Å². The quantitative estimate of drug-likeness (QED) is 0.585. The third kappa shape index (κ3) is 2.97. The molecule has 5 atom stereocenters. The zero-order valence-electron chi connectivity index (χ0n) is 18.2. The molecule has 0 unspecified atom stereocenters. The van der Waals surface area contributed by atoms with E-state index in [0.29, 0.717) is 16.3 Å². The van der Waals surface area contributed by atoms with Gasteiger partial charge in [0.25, 0.3) is 0 Å². The number of anilines is 1. The normalized spacial score (nSPS) is 29.5. The van der Waals surface area contributed by atoms with Gasteiger partial charge in [0, 0.05) is 21.8 Å². The summed E-state index contributed by atoms with van der Waals surface area (Å²) in [5, 5.41) is 17.6. The lowest BCUT2D eigenvalue weighted by Gasteiger charge is -2.35. The standard InChI is InChI=1S/C24H23ClFN3O4/c1-23(2,3)29-20(31)16-17(21(29)32)24(14-10-13(26)8-9-15(14)27-22(24)33)28-18(16)19(30)11-4-6-12(25)7-5-11/h4-10,16-19,28,30H,1-3H3,(H,27,33)/t16-,17-,18-,19-,24-/m0/s1. The second kappa shape index (κ2) is 7.09. The van der Waals surface area contributed by atoms with Crippen molar-refractivity contribution in [2.24, 2.45) is 11.8 Å². The summed E-state index contributed by atoms with van der Waals surface area (Å²) >= 11 is 5.97. The van der Waals surface area contributed by atoms with Gasteiger partial charge in [-0.1, -0.05) is 23.7 Å². The summed E-state index contributed by atoms with van der Waals surface area (Å²) in [4.78, 5) is 41.8. The first-order chi connectivity index (χ1) is 15.5. The van der Waals surface area contributed by atoms with Crippen molar-refractivity contribution in [2.75, 3.05) is 5.32 Å². The van der Waals surface area contributed by atoms with Crippen LogP contribution in [0.25, 0.3) is 0 Å². The topological polar surface area (TPSA) is 98.7 Å². The van der Waals surface area contributed by atoms with Crippen LogP contribution in [0.2, 0.25) is 5.02 Å². The molecule has 3 heterocycles. The van der Waals surface area contributed by atoms with Gasteiger partial charge in [0.05, 0.1) is 24.0 Å². The summed E-state index contributed by atoms with van der Waals surface area (Å²) in [6.07, 6.45) is -1.23. The Bertz CT molecular complexity index is 1200. The van der Waals surface area contributed by atoms with E-state index in [0.717, 1.165) is 4.90 Å². The zero-order chi connectivity index (χ0) is 23.9. The van der Waals surface area contributed by atoms with Crippen molar-refractivity contribution in [3.63, 3.8) is 0 Å². The molecular formula is C24H23ClFN3O4. The molecule has 33 heavy (non-hydrogen) atoms. The smallest absolute Gasteiger partial charge is 0.250 e. The number of nitrogens with one attached hydrogen (secondary N) is 2. The number of likely N-dealkylation sites (tertiary alicyclic amines) is 1. The highest BCUT2D eigenvalue weighted by Gasteiger charge is 2.72. The van der Waals surface area contributed by atoms with Gasteiger partial charge >= 0.3 is 0 Å². The van der Waals surface area contributed by atoms with Crippen molar-refractivity contribution in [1.82, 2.24) is 10.2 Å². The highest BCUT2D eigenvalue weighted by Crippen LogP contribution is 2.55. The highest BCUT2D eigenvalue weighted by molar-refractivity contribution is 6.30. The number of aliphatic hydroxyl groups excluding tert-OH is 1. The number of carbonyl (C=O) groups excluding carboxylic acids is 3. The summed E-state index contributed by atoms with van der Waals surface area (Å²) < 4.78 is 14.3. The average Bonchev–Trinajstić information content (AvgIpc) is 3.33. The van der Waals surface area contributed by atoms with E-state index in [1.807, 2.05) is 0 Å². The molecule has 3 aliphatic rings. The number of hydrogen-bond donors (Lipinski definition) is 3. The molecule has 2 aromatic rings. The molecule has 3 N–H and O–H groups in total. The third-order valence-electron chi connectivity index (χ3n) is 6.83. The minimum Gasteiger partial charge on any atom is -0.387 e. The van der Waals surface area contributed by atoms with E-state index in [4.69, 9.17) is 11.6 Å². The van der Waals surface area contributed by atoms with Crippen molar-refractivity contribution in [3.8, 4) is 0 Å². The van der Waals surface area contributed by atoms with Gasteiger partial charge in [0.1, 0.15) is 11.4 Å². The minimum absolute atomic E-state index is 0.255. The number of aliphatic hydroxyl groups is 1. The molecule has 1 spiro atoms. The van der Waals surface area contributed by atoms with E-state index in [1.165, 1.54) is 18.2 Å². The number of imide groups is 1. The van der Waals surface area contributed by atoms with Crippen LogP contribution in [0.15, 0.2) is 42.5 Å². The predicted octanol–water partition coefficient (Wildman–Crippen LogP) is 2.73. The Morgan fingerprint density at radius 1 is 1.09 bits per heavy atom. The van der Waals surface area contributed by atoms with Gasteiger partial charge in [-0.15, -0.1) is 0 Å². The van der Waals surface area contributed by atoms with Crippen LogP contribution in [0.5, 0.6) is 0 Å². The van der Waals surface area contributed by atoms with Crippen molar-refractivity contribution >= 4 is 35.0 Å². The first kappa shape index (κ1) is 22.0. The lowest BCUT2D eigenvalue weighted by Crippen LogP contribution is -2.56. The lowest BCUT2D eigenvalue weighted by molar-refractivity contribution is -0.148. The Morgan fingerprint density at radius 2 is 1.76 bits per heavy atom. The van der Waals surface area contributed by atoms with Crippen LogP contribution in [-0.2, 0) is 19.9 Å². The van der Waals surface area contributed by atoms with Crippen molar-refractivity contribution in [1.29, 1.82) is 0 Å². The largest absolute Gasteiger partial charge is 0.387 e. The van der Waals surface area contributed by atoms with Crippen molar-refractivity contribution < 1.29 is 23.9 Å². The maximum absolute atomic E-state index is 14.3. The van der Waals surface area contributed by atoms with Crippen molar-refractivity contribution in [3.05, 3.63) is 64.4 Å². The molecule has 0 bridgehead atoms. The molecule has 0 aromatic heterocycles. The molecule has 5 rings (SSSR count). The van der Waals surface area contributed by atoms with Gasteiger partial charge in [0.2, 0.25) is 17.7 Å². The maximum Gasteiger partial charge on any atom is 0.250 e. The highest BCUT2D eigenvalue weighted by atomic mass is 35.5. The van der Waals surface area contributed by atoms with Gasteiger partial charge in [-0.05, 0) is 56.7 Å². The van der Waals surface area contributed by atoms with E-state index >= 15 is 0 Å². The fraction of sp³-hybridized carbons (Fsp3) is 0.375. The fourth-order valence-electron chi connectivity index (χ4n) is 5.50. The van der Waals surface area contributed by atoms with E-state index in [1.54, 1.807) is 45.0 Å². The van der Waals surface area contributed by atoms with Crippen LogP contribution < -0.4 is 10.6 Å². The monoisotopic (exact) mass is 471 g/mol.